The van der Waals surface area contributed by atoms with Crippen LogP contribution in [0.5, 0.6) is 0 Å². The average molecular weight is 288 g/mol. The molecule has 3 amide bonds. The van der Waals surface area contributed by atoms with Crippen LogP contribution >= 0.6 is 11.8 Å². The van der Waals surface area contributed by atoms with E-state index < -0.39 is 12.1 Å². The van der Waals surface area contributed by atoms with Gasteiger partial charge < -0.3 is 21.7 Å². The van der Waals surface area contributed by atoms with Crippen molar-refractivity contribution < 1.29 is 9.59 Å². The topological polar surface area (TPSA) is 101 Å². The smallest absolute Gasteiger partial charge is 0.312 e. The molecule has 2 atom stereocenters. The van der Waals surface area contributed by atoms with Crippen molar-refractivity contribution in [1.29, 1.82) is 0 Å². The summed E-state index contributed by atoms with van der Waals surface area (Å²) in [5.74, 6) is 1.20. The molecule has 1 rings (SSSR count). The Morgan fingerprint density at radius 2 is 2.26 bits per heavy atom. The first-order chi connectivity index (χ1) is 9.04. The first-order valence-corrected chi connectivity index (χ1v) is 8.00. The fourth-order valence-corrected chi connectivity index (χ4v) is 2.77. The lowest BCUT2D eigenvalue weighted by atomic mass is 9.97. The predicted octanol–water partition coefficient (Wildman–Crippen LogP) is -0.0263. The van der Waals surface area contributed by atoms with Crippen molar-refractivity contribution in [1.82, 2.24) is 10.2 Å². The number of thioether (sulfide) groups is 1. The summed E-state index contributed by atoms with van der Waals surface area (Å²) in [6, 6.07) is -0.921. The van der Waals surface area contributed by atoms with Gasteiger partial charge in [-0.25, -0.2) is 4.79 Å². The van der Waals surface area contributed by atoms with Crippen LogP contribution in [0.3, 0.4) is 0 Å². The molecule has 5 N–H and O–H groups in total. The summed E-state index contributed by atoms with van der Waals surface area (Å²) in [6.45, 7) is 1.95. The van der Waals surface area contributed by atoms with E-state index in [2.05, 4.69) is 5.32 Å². The van der Waals surface area contributed by atoms with Gasteiger partial charge >= 0.3 is 6.03 Å². The molecule has 1 fully saturated rings. The molecule has 7 heteroatoms. The van der Waals surface area contributed by atoms with Crippen LogP contribution in [-0.4, -0.2) is 54.5 Å². The third-order valence-electron chi connectivity index (χ3n) is 3.35. The van der Waals surface area contributed by atoms with Crippen molar-refractivity contribution in [3.63, 3.8) is 0 Å². The molecule has 0 aromatic rings. The predicted molar refractivity (Wildman–Crippen MR) is 77.9 cm³/mol. The van der Waals surface area contributed by atoms with Gasteiger partial charge in [0.1, 0.15) is 0 Å². The number of carbonyl (C=O) groups is 2. The molecule has 0 aromatic heterocycles. The summed E-state index contributed by atoms with van der Waals surface area (Å²) in [4.78, 5) is 24.7. The standard InChI is InChI=1S/C12H24N4O2S/c1-19-6-4-10(13)11(17)16-5-2-3-9(8-16)7-15-12(14)18/h9-10H,2-8,13H2,1H3,(H3,14,15,18)/t9?,10-/m1/s1. The van der Waals surface area contributed by atoms with E-state index in [1.807, 2.05) is 11.2 Å². The number of carbonyl (C=O) groups excluding carboxylic acids is 2. The molecule has 0 spiro atoms. The second kappa shape index (κ2) is 8.27. The molecule has 1 aliphatic rings. The van der Waals surface area contributed by atoms with Crippen molar-refractivity contribution in [2.75, 3.05) is 31.6 Å². The second-order valence-corrected chi connectivity index (χ2v) is 5.91. The Morgan fingerprint density at radius 1 is 1.53 bits per heavy atom. The van der Waals surface area contributed by atoms with Gasteiger partial charge in [0.2, 0.25) is 5.91 Å². The van der Waals surface area contributed by atoms with Crippen LogP contribution in [0.4, 0.5) is 4.79 Å². The first-order valence-electron chi connectivity index (χ1n) is 6.61. The molecular formula is C12H24N4O2S. The Hall–Kier alpha value is -0.950. The molecule has 0 aromatic carbocycles. The maximum atomic E-state index is 12.2. The van der Waals surface area contributed by atoms with E-state index in [1.54, 1.807) is 11.8 Å². The lowest BCUT2D eigenvalue weighted by molar-refractivity contribution is -0.134. The Kier molecular flexibility index (Phi) is 7.01. The van der Waals surface area contributed by atoms with Gasteiger partial charge in [-0.15, -0.1) is 0 Å². The number of nitrogens with zero attached hydrogens (tertiary/aromatic N) is 1. The van der Waals surface area contributed by atoms with E-state index in [0.29, 0.717) is 19.5 Å². The maximum absolute atomic E-state index is 12.2. The number of primary amides is 1. The first kappa shape index (κ1) is 16.1. The summed E-state index contributed by atoms with van der Waals surface area (Å²) in [7, 11) is 0. The number of nitrogens with two attached hydrogens (primary N) is 2. The molecule has 0 saturated carbocycles. The lowest BCUT2D eigenvalue weighted by Gasteiger charge is -2.34. The molecule has 1 unspecified atom stereocenters. The zero-order valence-electron chi connectivity index (χ0n) is 11.4. The number of rotatable bonds is 6. The fourth-order valence-electron chi connectivity index (χ4n) is 2.28. The summed E-state index contributed by atoms with van der Waals surface area (Å²) >= 11 is 1.69. The fraction of sp³-hybridized carbons (Fsp3) is 0.833. The highest BCUT2D eigenvalue weighted by Crippen LogP contribution is 2.17. The number of nitrogens with one attached hydrogen (secondary N) is 1. The van der Waals surface area contributed by atoms with Crippen LogP contribution in [0, 0.1) is 5.92 Å². The van der Waals surface area contributed by atoms with Gasteiger partial charge in [-0.1, -0.05) is 0 Å². The molecule has 0 bridgehead atoms. The van der Waals surface area contributed by atoms with Crippen LogP contribution in [0.15, 0.2) is 0 Å². The Bertz CT molecular complexity index is 314. The number of piperidine rings is 1. The molecular weight excluding hydrogens is 264 g/mol. The number of likely N-dealkylation sites (tertiary alicyclic amines) is 1. The van der Waals surface area contributed by atoms with Crippen molar-refractivity contribution in [2.45, 2.75) is 25.3 Å². The van der Waals surface area contributed by atoms with Crippen LogP contribution in [0.1, 0.15) is 19.3 Å². The van der Waals surface area contributed by atoms with E-state index in [9.17, 15) is 9.59 Å². The Balaban J connectivity index is 2.40. The summed E-state index contributed by atoms with van der Waals surface area (Å²) < 4.78 is 0. The van der Waals surface area contributed by atoms with Gasteiger partial charge in [-0.2, -0.15) is 11.8 Å². The zero-order valence-corrected chi connectivity index (χ0v) is 12.2. The minimum absolute atomic E-state index is 0.0258. The summed E-state index contributed by atoms with van der Waals surface area (Å²) in [5, 5.41) is 2.60. The van der Waals surface area contributed by atoms with Gasteiger partial charge in [0.05, 0.1) is 6.04 Å². The van der Waals surface area contributed by atoms with Gasteiger partial charge in [-0.3, -0.25) is 4.79 Å². The van der Waals surface area contributed by atoms with E-state index in [-0.39, 0.29) is 11.8 Å². The lowest BCUT2D eigenvalue weighted by Crippen LogP contribution is -2.50. The van der Waals surface area contributed by atoms with Crippen molar-refractivity contribution >= 4 is 23.7 Å². The molecule has 1 heterocycles. The summed E-state index contributed by atoms with van der Waals surface area (Å²) in [5.41, 5.74) is 11.0. The monoisotopic (exact) mass is 288 g/mol. The van der Waals surface area contributed by atoms with E-state index in [0.717, 1.165) is 25.1 Å². The molecule has 1 saturated heterocycles. The van der Waals surface area contributed by atoms with Gasteiger partial charge in [0, 0.05) is 19.6 Å². The Morgan fingerprint density at radius 3 is 2.89 bits per heavy atom. The van der Waals surface area contributed by atoms with Crippen LogP contribution in [0.2, 0.25) is 0 Å². The minimum atomic E-state index is -0.514. The normalized spacial score (nSPS) is 20.9. The maximum Gasteiger partial charge on any atom is 0.312 e. The largest absolute Gasteiger partial charge is 0.352 e. The van der Waals surface area contributed by atoms with Gasteiger partial charge in [0.15, 0.2) is 0 Å². The van der Waals surface area contributed by atoms with E-state index in [1.165, 1.54) is 0 Å². The highest BCUT2D eigenvalue weighted by molar-refractivity contribution is 7.98. The number of amides is 3. The molecule has 0 aliphatic carbocycles. The van der Waals surface area contributed by atoms with Gasteiger partial charge in [-0.05, 0) is 37.2 Å². The van der Waals surface area contributed by atoms with E-state index >= 15 is 0 Å². The molecule has 1 aliphatic heterocycles. The zero-order chi connectivity index (χ0) is 14.3. The third kappa shape index (κ3) is 5.69. The highest BCUT2D eigenvalue weighted by Gasteiger charge is 2.26. The number of hydrogen-bond acceptors (Lipinski definition) is 4. The number of hydrogen-bond donors (Lipinski definition) is 3. The van der Waals surface area contributed by atoms with Crippen LogP contribution < -0.4 is 16.8 Å². The summed E-state index contributed by atoms with van der Waals surface area (Å²) in [6.07, 6.45) is 4.67. The van der Waals surface area contributed by atoms with E-state index in [4.69, 9.17) is 11.5 Å². The van der Waals surface area contributed by atoms with Crippen LogP contribution in [-0.2, 0) is 4.79 Å². The highest BCUT2D eigenvalue weighted by atomic mass is 32.2. The van der Waals surface area contributed by atoms with Crippen molar-refractivity contribution in [2.24, 2.45) is 17.4 Å². The minimum Gasteiger partial charge on any atom is -0.352 e. The van der Waals surface area contributed by atoms with Crippen molar-refractivity contribution in [3.8, 4) is 0 Å². The molecule has 0 radical (unpaired) electrons. The molecule has 110 valence electrons. The molecule has 6 nitrogen and oxygen atoms in total. The average Bonchev–Trinajstić information content (AvgIpc) is 2.42. The van der Waals surface area contributed by atoms with Crippen molar-refractivity contribution in [3.05, 3.63) is 0 Å². The second-order valence-electron chi connectivity index (χ2n) is 4.93. The van der Waals surface area contributed by atoms with Gasteiger partial charge in [0.25, 0.3) is 0 Å². The Labute approximate surface area is 118 Å². The van der Waals surface area contributed by atoms with Crippen LogP contribution in [0.25, 0.3) is 0 Å². The molecule has 19 heavy (non-hydrogen) atoms. The number of urea groups is 1. The third-order valence-corrected chi connectivity index (χ3v) is 3.99. The quantitative estimate of drug-likeness (QED) is 0.639. The SMILES string of the molecule is CSCC[C@@H](N)C(=O)N1CCCC(CNC(N)=O)C1.